The van der Waals surface area contributed by atoms with Crippen molar-refractivity contribution >= 4 is 15.9 Å². The van der Waals surface area contributed by atoms with Crippen molar-refractivity contribution in [2.45, 2.75) is 38.5 Å². The van der Waals surface area contributed by atoms with Crippen LogP contribution in [0.3, 0.4) is 0 Å². The summed E-state index contributed by atoms with van der Waals surface area (Å²) in [6.45, 7) is 2.45. The Labute approximate surface area is 182 Å². The van der Waals surface area contributed by atoms with E-state index in [1.807, 2.05) is 24.3 Å². The minimum Gasteiger partial charge on any atom is -0.352 e. The summed E-state index contributed by atoms with van der Waals surface area (Å²) in [5.74, 6) is 0.720. The molecule has 3 aromatic rings. The standard InChI is InChI=1S/C22H26N4O4S/c1-3-16-8-10-19(11-9-16)22-25-21(30-26-22)13-12-20(27)24-14-17-4-6-18(7-5-17)15-31(28,29)23-2/h4-11,23H,3,12-15H2,1-2H3,(H,24,27). The third kappa shape index (κ3) is 6.73. The third-order valence-electron chi connectivity index (χ3n) is 4.83. The number of amides is 1. The van der Waals surface area contributed by atoms with Gasteiger partial charge in [0.05, 0.1) is 5.75 Å². The lowest BCUT2D eigenvalue weighted by Crippen LogP contribution is -2.23. The first-order valence-electron chi connectivity index (χ1n) is 10.1. The molecule has 0 spiro atoms. The van der Waals surface area contributed by atoms with E-state index < -0.39 is 10.0 Å². The highest BCUT2D eigenvalue weighted by Crippen LogP contribution is 2.17. The first kappa shape index (κ1) is 22.6. The number of hydrogen-bond acceptors (Lipinski definition) is 6. The van der Waals surface area contributed by atoms with Crippen molar-refractivity contribution in [3.63, 3.8) is 0 Å². The van der Waals surface area contributed by atoms with Crippen LogP contribution in [0.15, 0.2) is 53.1 Å². The minimum atomic E-state index is -3.30. The van der Waals surface area contributed by atoms with E-state index in [1.165, 1.54) is 12.6 Å². The topological polar surface area (TPSA) is 114 Å². The summed E-state index contributed by atoms with van der Waals surface area (Å²) >= 11 is 0. The van der Waals surface area contributed by atoms with Gasteiger partial charge in [-0.3, -0.25) is 4.79 Å². The molecule has 164 valence electrons. The van der Waals surface area contributed by atoms with Gasteiger partial charge < -0.3 is 9.84 Å². The fourth-order valence-electron chi connectivity index (χ4n) is 2.92. The Bertz CT molecular complexity index is 1110. The van der Waals surface area contributed by atoms with Gasteiger partial charge in [-0.25, -0.2) is 13.1 Å². The van der Waals surface area contributed by atoms with Crippen molar-refractivity contribution in [3.8, 4) is 11.4 Å². The van der Waals surface area contributed by atoms with Crippen LogP contribution in [0.2, 0.25) is 0 Å². The monoisotopic (exact) mass is 442 g/mol. The molecule has 0 aliphatic heterocycles. The number of nitrogens with one attached hydrogen (secondary N) is 2. The number of rotatable bonds is 10. The number of aromatic nitrogens is 2. The highest BCUT2D eigenvalue weighted by Gasteiger charge is 2.11. The van der Waals surface area contributed by atoms with Crippen LogP contribution in [-0.2, 0) is 40.0 Å². The summed E-state index contributed by atoms with van der Waals surface area (Å²) in [6, 6.07) is 15.1. The molecule has 1 amide bonds. The quantitative estimate of drug-likeness (QED) is 0.499. The molecule has 0 aliphatic rings. The summed E-state index contributed by atoms with van der Waals surface area (Å²) in [6.07, 6.45) is 1.55. The number of nitrogens with zero attached hydrogens (tertiary/aromatic N) is 2. The largest absolute Gasteiger partial charge is 0.352 e. The normalized spacial score (nSPS) is 11.4. The maximum Gasteiger partial charge on any atom is 0.227 e. The second-order valence-electron chi connectivity index (χ2n) is 7.12. The molecule has 0 radical (unpaired) electrons. The summed E-state index contributed by atoms with van der Waals surface area (Å²) in [4.78, 5) is 16.5. The van der Waals surface area contributed by atoms with Crippen molar-refractivity contribution in [3.05, 3.63) is 71.1 Å². The Morgan fingerprint density at radius 2 is 1.65 bits per heavy atom. The van der Waals surface area contributed by atoms with E-state index in [1.54, 1.807) is 24.3 Å². The maximum atomic E-state index is 12.1. The lowest BCUT2D eigenvalue weighted by atomic mass is 10.1. The molecule has 1 heterocycles. The number of aryl methyl sites for hydroxylation is 2. The van der Waals surface area contributed by atoms with E-state index in [2.05, 4.69) is 27.1 Å². The van der Waals surface area contributed by atoms with Crippen LogP contribution in [0.1, 0.15) is 35.9 Å². The summed E-state index contributed by atoms with van der Waals surface area (Å²) in [5.41, 5.74) is 3.68. The molecule has 0 saturated heterocycles. The molecule has 2 aromatic carbocycles. The molecule has 0 aliphatic carbocycles. The number of carbonyl (C=O) groups is 1. The SMILES string of the molecule is CCc1ccc(-c2noc(CCC(=O)NCc3ccc(CS(=O)(=O)NC)cc3)n2)cc1. The number of benzene rings is 2. The van der Waals surface area contributed by atoms with Crippen LogP contribution < -0.4 is 10.0 Å². The molecular weight excluding hydrogens is 416 g/mol. The van der Waals surface area contributed by atoms with Crippen molar-refractivity contribution in [2.24, 2.45) is 0 Å². The predicted octanol–water partition coefficient (Wildman–Crippen LogP) is 2.60. The van der Waals surface area contributed by atoms with Gasteiger partial charge in [0, 0.05) is 24.9 Å². The summed E-state index contributed by atoms with van der Waals surface area (Å²) < 4.78 is 30.7. The molecule has 31 heavy (non-hydrogen) atoms. The Hall–Kier alpha value is -3.04. The predicted molar refractivity (Wildman–Crippen MR) is 117 cm³/mol. The van der Waals surface area contributed by atoms with E-state index >= 15 is 0 Å². The van der Waals surface area contributed by atoms with Crippen LogP contribution in [0, 0.1) is 0 Å². The van der Waals surface area contributed by atoms with Crippen LogP contribution in [-0.4, -0.2) is 31.5 Å². The minimum absolute atomic E-state index is 0.0783. The van der Waals surface area contributed by atoms with E-state index in [0.717, 1.165) is 17.5 Å². The van der Waals surface area contributed by atoms with Gasteiger partial charge in [0.25, 0.3) is 0 Å². The fourth-order valence-corrected chi connectivity index (χ4v) is 3.69. The Kier molecular flexibility index (Phi) is 7.54. The first-order chi connectivity index (χ1) is 14.9. The molecule has 3 rings (SSSR count). The molecule has 8 nitrogen and oxygen atoms in total. The first-order valence-corrected chi connectivity index (χ1v) is 11.7. The second-order valence-corrected chi connectivity index (χ2v) is 9.05. The molecule has 9 heteroatoms. The molecule has 0 fully saturated rings. The van der Waals surface area contributed by atoms with E-state index in [0.29, 0.717) is 30.2 Å². The zero-order valence-electron chi connectivity index (χ0n) is 17.6. The van der Waals surface area contributed by atoms with Crippen LogP contribution in [0.4, 0.5) is 0 Å². The number of hydrogen-bond donors (Lipinski definition) is 2. The lowest BCUT2D eigenvalue weighted by molar-refractivity contribution is -0.121. The van der Waals surface area contributed by atoms with Crippen molar-refractivity contribution in [1.29, 1.82) is 0 Å². The zero-order chi connectivity index (χ0) is 22.3. The highest BCUT2D eigenvalue weighted by molar-refractivity contribution is 7.88. The molecule has 0 atom stereocenters. The fraction of sp³-hybridized carbons (Fsp3) is 0.318. The Balaban J connectivity index is 1.46. The molecule has 0 unspecified atom stereocenters. The van der Waals surface area contributed by atoms with Crippen LogP contribution in [0.5, 0.6) is 0 Å². The van der Waals surface area contributed by atoms with E-state index in [9.17, 15) is 13.2 Å². The third-order valence-corrected chi connectivity index (χ3v) is 6.17. The highest BCUT2D eigenvalue weighted by atomic mass is 32.2. The van der Waals surface area contributed by atoms with Crippen molar-refractivity contribution < 1.29 is 17.7 Å². The van der Waals surface area contributed by atoms with E-state index in [4.69, 9.17) is 4.52 Å². The van der Waals surface area contributed by atoms with E-state index in [-0.39, 0.29) is 18.1 Å². The molecule has 0 saturated carbocycles. The lowest BCUT2D eigenvalue weighted by Gasteiger charge is -2.06. The van der Waals surface area contributed by atoms with Gasteiger partial charge >= 0.3 is 0 Å². The van der Waals surface area contributed by atoms with Gasteiger partial charge in [-0.1, -0.05) is 60.6 Å². The van der Waals surface area contributed by atoms with Crippen molar-refractivity contribution in [2.75, 3.05) is 7.05 Å². The Morgan fingerprint density at radius 3 is 2.29 bits per heavy atom. The molecule has 0 bridgehead atoms. The maximum absolute atomic E-state index is 12.1. The number of carbonyl (C=O) groups excluding carboxylic acids is 1. The van der Waals surface area contributed by atoms with Gasteiger partial charge in [-0.15, -0.1) is 0 Å². The summed E-state index contributed by atoms with van der Waals surface area (Å²) in [7, 11) is -1.92. The second kappa shape index (κ2) is 10.3. The molecule has 2 N–H and O–H groups in total. The molecule has 1 aromatic heterocycles. The van der Waals surface area contributed by atoms with Gasteiger partial charge in [0.15, 0.2) is 0 Å². The zero-order valence-corrected chi connectivity index (χ0v) is 18.4. The Morgan fingerprint density at radius 1 is 1.00 bits per heavy atom. The molecular formula is C22H26N4O4S. The smallest absolute Gasteiger partial charge is 0.227 e. The van der Waals surface area contributed by atoms with Gasteiger partial charge in [-0.2, -0.15) is 4.98 Å². The van der Waals surface area contributed by atoms with Gasteiger partial charge in [0.1, 0.15) is 0 Å². The van der Waals surface area contributed by atoms with Gasteiger partial charge in [-0.05, 0) is 30.2 Å². The van der Waals surface area contributed by atoms with Crippen LogP contribution in [0.25, 0.3) is 11.4 Å². The average molecular weight is 443 g/mol. The van der Waals surface area contributed by atoms with Crippen LogP contribution >= 0.6 is 0 Å². The van der Waals surface area contributed by atoms with Gasteiger partial charge in [0.2, 0.25) is 27.6 Å². The average Bonchev–Trinajstić information content (AvgIpc) is 3.26. The number of sulfonamides is 1. The van der Waals surface area contributed by atoms with Crippen molar-refractivity contribution in [1.82, 2.24) is 20.2 Å². The summed E-state index contributed by atoms with van der Waals surface area (Å²) in [5, 5.41) is 6.83.